The summed E-state index contributed by atoms with van der Waals surface area (Å²) < 4.78 is 32.9. The maximum Gasteiger partial charge on any atom is 0.271 e. The van der Waals surface area contributed by atoms with Crippen LogP contribution in [0.25, 0.3) is 32.8 Å². The van der Waals surface area contributed by atoms with Crippen LogP contribution in [-0.2, 0) is 4.79 Å². The van der Waals surface area contributed by atoms with Crippen LogP contribution in [0.15, 0.2) is 54.0 Å². The van der Waals surface area contributed by atoms with Crippen molar-refractivity contribution in [1.82, 2.24) is 29.7 Å². The molecule has 1 aliphatic heterocycles. The van der Waals surface area contributed by atoms with E-state index in [1.807, 2.05) is 32.8 Å². The second-order valence-corrected chi connectivity index (χ2v) is 12.9. The van der Waals surface area contributed by atoms with Gasteiger partial charge in [-0.2, -0.15) is 0 Å². The van der Waals surface area contributed by atoms with Gasteiger partial charge in [0.1, 0.15) is 28.9 Å². The quantitative estimate of drug-likeness (QED) is 0.186. The average Bonchev–Trinajstić information content (AvgIpc) is 3.08. The number of nitrogens with one attached hydrogen (secondary N) is 1. The summed E-state index contributed by atoms with van der Waals surface area (Å²) in [6.07, 6.45) is 2.76. The molecule has 0 unspecified atom stereocenters. The highest BCUT2D eigenvalue weighted by Crippen LogP contribution is 2.38. The number of fused-ring (bicyclic) bond motifs is 1. The zero-order valence-electron chi connectivity index (χ0n) is 29.2. The van der Waals surface area contributed by atoms with Crippen LogP contribution in [0.5, 0.6) is 5.75 Å². The molecular formula is C37H40F2N8O4. The number of aromatic nitrogens is 3. The summed E-state index contributed by atoms with van der Waals surface area (Å²) in [5, 5.41) is 13.5. The number of likely N-dealkylation sites (N-methyl/N-ethyl adjacent to an activating group) is 1. The minimum Gasteiger partial charge on any atom is -0.507 e. The van der Waals surface area contributed by atoms with Gasteiger partial charge in [0.15, 0.2) is 11.5 Å². The molecule has 4 heterocycles. The van der Waals surface area contributed by atoms with E-state index in [4.69, 9.17) is 6.57 Å². The van der Waals surface area contributed by atoms with Crippen LogP contribution in [0.2, 0.25) is 0 Å². The lowest BCUT2D eigenvalue weighted by atomic mass is 10.0. The van der Waals surface area contributed by atoms with Gasteiger partial charge in [-0.3, -0.25) is 23.9 Å². The number of benzene rings is 1. The normalized spacial score (nSPS) is 14.6. The van der Waals surface area contributed by atoms with Crippen molar-refractivity contribution in [3.05, 3.63) is 99.4 Å². The second-order valence-electron chi connectivity index (χ2n) is 12.9. The van der Waals surface area contributed by atoms with Gasteiger partial charge in [-0.25, -0.2) is 20.3 Å². The summed E-state index contributed by atoms with van der Waals surface area (Å²) in [5.74, 6) is -3.81. The van der Waals surface area contributed by atoms with Crippen molar-refractivity contribution in [2.75, 3.05) is 58.3 Å². The molecule has 12 nitrogen and oxygen atoms in total. The first-order valence-corrected chi connectivity index (χ1v) is 16.5. The van der Waals surface area contributed by atoms with E-state index in [2.05, 4.69) is 26.7 Å². The third kappa shape index (κ3) is 7.02. The maximum absolute atomic E-state index is 16.4. The van der Waals surface area contributed by atoms with Crippen molar-refractivity contribution in [3.8, 4) is 22.7 Å². The first-order chi connectivity index (χ1) is 24.3. The van der Waals surface area contributed by atoms with Crippen molar-refractivity contribution in [1.29, 1.82) is 0 Å². The predicted molar refractivity (Wildman–Crippen MR) is 191 cm³/mol. The Morgan fingerprint density at radius 2 is 1.94 bits per heavy atom. The standard InChI is InChI=1S/C37H40F2N8O4/c1-8-28(49)46-17-16-45(20-23(46)19-40-5)34-24-18-26(39)32(29-25(38)10-9-11-27(29)48)43-35(24)47(33-22(4)12-13-41-31(33)21(2)3)37(51)30(34)36(50)42-14-15-44(6)7/h8-13,18,21,23,48H,1,14-17,19-20H2,2-4,6-7H3,(H,42,50)/t23-/m0/s1. The minimum atomic E-state index is -1.02. The topological polar surface area (TPSA) is 128 Å². The number of aromatic hydroxyl groups is 1. The number of phenolic OH excluding ortho intramolecular Hbond substituents is 1. The highest BCUT2D eigenvalue weighted by atomic mass is 19.1. The number of hydrogen-bond donors (Lipinski definition) is 2. The van der Waals surface area contributed by atoms with Crippen molar-refractivity contribution in [2.45, 2.75) is 32.7 Å². The van der Waals surface area contributed by atoms with Gasteiger partial charge >= 0.3 is 0 Å². The molecule has 1 aliphatic rings. The summed E-state index contributed by atoms with van der Waals surface area (Å²) in [6.45, 7) is 17.5. The molecular weight excluding hydrogens is 658 g/mol. The first kappa shape index (κ1) is 36.6. The third-order valence-corrected chi connectivity index (χ3v) is 8.86. The Labute approximate surface area is 294 Å². The van der Waals surface area contributed by atoms with Crippen LogP contribution in [-0.4, -0.2) is 101 Å². The van der Waals surface area contributed by atoms with Crippen LogP contribution < -0.4 is 15.8 Å². The summed E-state index contributed by atoms with van der Waals surface area (Å²) in [7, 11) is 3.67. The summed E-state index contributed by atoms with van der Waals surface area (Å²) in [4.78, 5) is 59.7. The number of anilines is 1. The number of pyridine rings is 3. The lowest BCUT2D eigenvalue weighted by Gasteiger charge is -2.41. The molecule has 0 bridgehead atoms. The molecule has 0 aliphatic carbocycles. The number of piperazine rings is 1. The number of carbonyl (C=O) groups excluding carboxylic acids is 2. The summed E-state index contributed by atoms with van der Waals surface area (Å²) in [5.41, 5.74) is -0.741. The molecule has 2 amide bonds. The van der Waals surface area contributed by atoms with Gasteiger partial charge in [0.25, 0.3) is 11.5 Å². The van der Waals surface area contributed by atoms with Gasteiger partial charge in [0, 0.05) is 44.3 Å². The highest BCUT2D eigenvalue weighted by molar-refractivity contribution is 6.08. The molecule has 51 heavy (non-hydrogen) atoms. The van der Waals surface area contributed by atoms with Gasteiger partial charge in [0.2, 0.25) is 12.5 Å². The fraction of sp³-hybridized carbons (Fsp3) is 0.351. The largest absolute Gasteiger partial charge is 0.507 e. The van der Waals surface area contributed by atoms with Crippen LogP contribution >= 0.6 is 0 Å². The van der Waals surface area contributed by atoms with Gasteiger partial charge in [0.05, 0.1) is 22.6 Å². The Morgan fingerprint density at radius 1 is 1.20 bits per heavy atom. The Bertz CT molecular complexity index is 2100. The molecule has 3 aromatic heterocycles. The number of rotatable bonds is 10. The molecule has 2 N–H and O–H groups in total. The molecule has 1 aromatic carbocycles. The van der Waals surface area contributed by atoms with Gasteiger partial charge < -0.3 is 30.0 Å². The third-order valence-electron chi connectivity index (χ3n) is 8.86. The van der Waals surface area contributed by atoms with Gasteiger partial charge in [-0.15, -0.1) is 0 Å². The van der Waals surface area contributed by atoms with Crippen LogP contribution in [0.1, 0.15) is 41.4 Å². The summed E-state index contributed by atoms with van der Waals surface area (Å²) >= 11 is 0. The maximum atomic E-state index is 16.4. The molecule has 0 spiro atoms. The average molecular weight is 699 g/mol. The van der Waals surface area contributed by atoms with Crippen LogP contribution in [0, 0.1) is 25.1 Å². The molecule has 4 aromatic rings. The number of carbonyl (C=O) groups is 2. The van der Waals surface area contributed by atoms with Crippen LogP contribution in [0.4, 0.5) is 14.5 Å². The number of amides is 2. The van der Waals surface area contributed by atoms with Crippen molar-refractivity contribution < 1.29 is 23.5 Å². The number of hydrogen-bond acceptors (Lipinski definition) is 8. The number of halogens is 2. The molecule has 5 rings (SSSR count). The first-order valence-electron chi connectivity index (χ1n) is 16.5. The molecule has 1 atom stereocenters. The predicted octanol–water partition coefficient (Wildman–Crippen LogP) is 4.28. The molecule has 14 heteroatoms. The SMILES string of the molecule is [C-]#[N+]C[C@H]1CN(c2c(C(=O)NCCN(C)C)c(=O)n(-c3c(C)ccnc3C(C)C)c3nc(-c4c(O)cccc4F)c(F)cc23)CCN1C(=O)C=C. The molecule has 266 valence electrons. The van der Waals surface area contributed by atoms with E-state index < -0.39 is 46.1 Å². The van der Waals surface area contributed by atoms with E-state index >= 15 is 13.6 Å². The fourth-order valence-electron chi connectivity index (χ4n) is 6.42. The lowest BCUT2D eigenvalue weighted by Crippen LogP contribution is -2.56. The second kappa shape index (κ2) is 15.1. The van der Waals surface area contributed by atoms with E-state index in [0.717, 1.165) is 18.2 Å². The number of phenols is 1. The lowest BCUT2D eigenvalue weighted by molar-refractivity contribution is -0.128. The Hall–Kier alpha value is -5.68. The van der Waals surface area contributed by atoms with Gasteiger partial charge in [-0.05, 0) is 62.8 Å². The highest BCUT2D eigenvalue weighted by Gasteiger charge is 2.36. The monoisotopic (exact) mass is 698 g/mol. The Balaban J connectivity index is 1.93. The zero-order chi connectivity index (χ0) is 37.1. The minimum absolute atomic E-state index is 0.0269. The Morgan fingerprint density at radius 3 is 2.59 bits per heavy atom. The van der Waals surface area contributed by atoms with E-state index in [1.165, 1.54) is 21.6 Å². The fourth-order valence-corrected chi connectivity index (χ4v) is 6.42. The summed E-state index contributed by atoms with van der Waals surface area (Å²) in [6, 6.07) is 5.66. The Kier molecular flexibility index (Phi) is 10.8. The van der Waals surface area contributed by atoms with Crippen LogP contribution in [0.3, 0.4) is 0 Å². The molecule has 0 saturated carbocycles. The van der Waals surface area contributed by atoms with E-state index in [0.29, 0.717) is 23.5 Å². The molecule has 1 saturated heterocycles. The number of nitrogens with zero attached hydrogens (tertiary/aromatic N) is 7. The van der Waals surface area contributed by atoms with E-state index in [-0.39, 0.29) is 66.8 Å². The van der Waals surface area contributed by atoms with Gasteiger partial charge in [-0.1, -0.05) is 26.5 Å². The zero-order valence-corrected chi connectivity index (χ0v) is 29.2. The molecule has 1 fully saturated rings. The smallest absolute Gasteiger partial charge is 0.271 e. The van der Waals surface area contributed by atoms with E-state index in [1.54, 1.807) is 24.1 Å². The number of aryl methyl sites for hydroxylation is 1. The van der Waals surface area contributed by atoms with Crippen molar-refractivity contribution >= 4 is 28.5 Å². The van der Waals surface area contributed by atoms with E-state index in [9.17, 15) is 14.7 Å². The van der Waals surface area contributed by atoms with Crippen molar-refractivity contribution in [2.24, 2.45) is 0 Å². The molecule has 0 radical (unpaired) electrons. The van der Waals surface area contributed by atoms with Crippen molar-refractivity contribution in [3.63, 3.8) is 0 Å².